The molecule has 0 bridgehead atoms. The summed E-state index contributed by atoms with van der Waals surface area (Å²) in [6.45, 7) is 3.86. The van der Waals surface area contributed by atoms with E-state index in [-0.39, 0.29) is 25.0 Å². The van der Waals surface area contributed by atoms with Gasteiger partial charge in [-0.1, -0.05) is 19.8 Å². The van der Waals surface area contributed by atoms with Crippen molar-refractivity contribution in [3.8, 4) is 0 Å². The molecule has 1 aliphatic heterocycles. The molecule has 1 N–H and O–H groups in total. The highest BCUT2D eigenvalue weighted by Crippen LogP contribution is 2.26. The van der Waals surface area contributed by atoms with Gasteiger partial charge in [-0.15, -0.1) is 0 Å². The van der Waals surface area contributed by atoms with Crippen molar-refractivity contribution in [3.63, 3.8) is 0 Å². The number of piperidine rings is 1. The van der Waals surface area contributed by atoms with Gasteiger partial charge in [-0.3, -0.25) is 9.59 Å². The molecule has 126 valence electrons. The SMILES string of the molecule is C[C@@H]1CCCC[C@@H]1OCC(=O)N1CCC[C@@H](CCC(=O)O)C1. The predicted octanol–water partition coefficient (Wildman–Crippen LogP) is 2.69. The molecule has 0 aromatic rings. The molecule has 2 fully saturated rings. The average molecular weight is 311 g/mol. The highest BCUT2D eigenvalue weighted by molar-refractivity contribution is 5.77. The van der Waals surface area contributed by atoms with Gasteiger partial charge in [0.05, 0.1) is 6.10 Å². The number of aliphatic carboxylic acids is 1. The minimum absolute atomic E-state index is 0.0674. The fraction of sp³-hybridized carbons (Fsp3) is 0.882. The number of rotatable bonds is 6. The first-order chi connectivity index (χ1) is 10.6. The third-order valence-corrected chi connectivity index (χ3v) is 5.09. The van der Waals surface area contributed by atoms with Crippen LogP contribution in [0.25, 0.3) is 0 Å². The molecule has 0 aromatic carbocycles. The van der Waals surface area contributed by atoms with E-state index >= 15 is 0 Å². The summed E-state index contributed by atoms with van der Waals surface area (Å²) in [5.74, 6) is 0.185. The maximum absolute atomic E-state index is 12.3. The Morgan fingerprint density at radius 1 is 1.18 bits per heavy atom. The van der Waals surface area contributed by atoms with E-state index in [1.54, 1.807) is 0 Å². The summed E-state index contributed by atoms with van der Waals surface area (Å²) in [5.41, 5.74) is 0. The fourth-order valence-corrected chi connectivity index (χ4v) is 3.65. The van der Waals surface area contributed by atoms with Crippen molar-refractivity contribution in [1.82, 2.24) is 4.90 Å². The second kappa shape index (κ2) is 8.51. The van der Waals surface area contributed by atoms with Crippen LogP contribution in [0.5, 0.6) is 0 Å². The van der Waals surface area contributed by atoms with Gasteiger partial charge in [0, 0.05) is 19.5 Å². The molecule has 2 rings (SSSR count). The van der Waals surface area contributed by atoms with Crippen molar-refractivity contribution in [2.45, 2.75) is 64.4 Å². The molecular formula is C17H29NO4. The van der Waals surface area contributed by atoms with Gasteiger partial charge in [-0.25, -0.2) is 0 Å². The molecule has 5 heteroatoms. The van der Waals surface area contributed by atoms with Gasteiger partial charge < -0.3 is 14.7 Å². The summed E-state index contributed by atoms with van der Waals surface area (Å²) in [4.78, 5) is 24.8. The first kappa shape index (κ1) is 17.3. The number of amides is 1. The molecule has 3 atom stereocenters. The number of carboxylic acid groups (broad SMARTS) is 1. The normalized spacial score (nSPS) is 29.3. The Kier molecular flexibility index (Phi) is 6.68. The van der Waals surface area contributed by atoms with Crippen molar-refractivity contribution in [2.24, 2.45) is 11.8 Å². The van der Waals surface area contributed by atoms with Crippen molar-refractivity contribution in [2.75, 3.05) is 19.7 Å². The molecule has 0 spiro atoms. The molecule has 1 heterocycles. The third kappa shape index (κ3) is 5.27. The standard InChI is InChI=1S/C17H29NO4/c1-13-5-2-3-7-15(13)22-12-16(19)18-10-4-6-14(11-18)8-9-17(20)21/h13-15H,2-12H2,1H3,(H,20,21)/t13-,14+,15+/m1/s1. The minimum Gasteiger partial charge on any atom is -0.481 e. The Hall–Kier alpha value is -1.10. The van der Waals surface area contributed by atoms with E-state index in [0.29, 0.717) is 24.8 Å². The van der Waals surface area contributed by atoms with Crippen molar-refractivity contribution >= 4 is 11.9 Å². The van der Waals surface area contributed by atoms with E-state index in [4.69, 9.17) is 9.84 Å². The zero-order valence-electron chi connectivity index (χ0n) is 13.6. The number of nitrogens with zero attached hydrogens (tertiary/aromatic N) is 1. The topological polar surface area (TPSA) is 66.8 Å². The van der Waals surface area contributed by atoms with E-state index in [2.05, 4.69) is 6.92 Å². The number of ether oxygens (including phenoxy) is 1. The summed E-state index contributed by atoms with van der Waals surface area (Å²) in [7, 11) is 0. The van der Waals surface area contributed by atoms with E-state index in [9.17, 15) is 9.59 Å². The number of hydrogen-bond donors (Lipinski definition) is 1. The van der Waals surface area contributed by atoms with Crippen LogP contribution in [0.2, 0.25) is 0 Å². The molecule has 1 amide bonds. The van der Waals surface area contributed by atoms with Crippen LogP contribution in [0.4, 0.5) is 0 Å². The molecule has 0 unspecified atom stereocenters. The first-order valence-corrected chi connectivity index (χ1v) is 8.67. The molecule has 1 saturated carbocycles. The van der Waals surface area contributed by atoms with E-state index in [1.165, 1.54) is 19.3 Å². The average Bonchev–Trinajstić information content (AvgIpc) is 2.52. The number of likely N-dealkylation sites (tertiary alicyclic amines) is 1. The van der Waals surface area contributed by atoms with Gasteiger partial charge in [0.2, 0.25) is 5.91 Å². The van der Waals surface area contributed by atoms with Gasteiger partial charge in [0.15, 0.2) is 0 Å². The number of carbonyl (C=O) groups excluding carboxylic acids is 1. The molecule has 0 radical (unpaired) electrons. The van der Waals surface area contributed by atoms with Crippen LogP contribution in [0.15, 0.2) is 0 Å². The Labute approximate surface area is 133 Å². The molecule has 2 aliphatic rings. The molecule has 1 saturated heterocycles. The van der Waals surface area contributed by atoms with E-state index in [0.717, 1.165) is 25.8 Å². The number of carbonyl (C=O) groups is 2. The minimum atomic E-state index is -0.752. The molecule has 0 aromatic heterocycles. The Morgan fingerprint density at radius 3 is 2.68 bits per heavy atom. The van der Waals surface area contributed by atoms with Gasteiger partial charge in [-0.05, 0) is 43.9 Å². The highest BCUT2D eigenvalue weighted by atomic mass is 16.5. The van der Waals surface area contributed by atoms with Crippen molar-refractivity contribution < 1.29 is 19.4 Å². The maximum Gasteiger partial charge on any atom is 0.303 e. The largest absolute Gasteiger partial charge is 0.481 e. The van der Waals surface area contributed by atoms with Crippen molar-refractivity contribution in [1.29, 1.82) is 0 Å². The van der Waals surface area contributed by atoms with Gasteiger partial charge in [0.1, 0.15) is 6.61 Å². The van der Waals surface area contributed by atoms with Gasteiger partial charge in [-0.2, -0.15) is 0 Å². The van der Waals surface area contributed by atoms with E-state index in [1.807, 2.05) is 4.90 Å². The van der Waals surface area contributed by atoms with Gasteiger partial charge in [0.25, 0.3) is 0 Å². The number of carboxylic acids is 1. The summed E-state index contributed by atoms with van der Waals surface area (Å²) in [6, 6.07) is 0. The monoisotopic (exact) mass is 311 g/mol. The Bertz CT molecular complexity index is 385. The second-order valence-electron chi connectivity index (χ2n) is 6.89. The molecule has 22 heavy (non-hydrogen) atoms. The lowest BCUT2D eigenvalue weighted by atomic mass is 9.88. The van der Waals surface area contributed by atoms with Crippen LogP contribution in [0.3, 0.4) is 0 Å². The lowest BCUT2D eigenvalue weighted by molar-refractivity contribution is -0.142. The lowest BCUT2D eigenvalue weighted by Gasteiger charge is -2.34. The van der Waals surface area contributed by atoms with Crippen LogP contribution in [0, 0.1) is 11.8 Å². The summed E-state index contributed by atoms with van der Waals surface area (Å²) < 4.78 is 5.86. The van der Waals surface area contributed by atoms with Crippen LogP contribution < -0.4 is 0 Å². The second-order valence-corrected chi connectivity index (χ2v) is 6.89. The third-order valence-electron chi connectivity index (χ3n) is 5.09. The predicted molar refractivity (Wildman–Crippen MR) is 83.5 cm³/mol. The fourth-order valence-electron chi connectivity index (χ4n) is 3.65. The van der Waals surface area contributed by atoms with Crippen LogP contribution >= 0.6 is 0 Å². The highest BCUT2D eigenvalue weighted by Gasteiger charge is 2.26. The van der Waals surface area contributed by atoms with Crippen LogP contribution in [-0.2, 0) is 14.3 Å². The first-order valence-electron chi connectivity index (χ1n) is 8.67. The zero-order chi connectivity index (χ0) is 15.9. The molecule has 5 nitrogen and oxygen atoms in total. The van der Waals surface area contributed by atoms with Crippen molar-refractivity contribution in [3.05, 3.63) is 0 Å². The Balaban J connectivity index is 1.73. The zero-order valence-corrected chi connectivity index (χ0v) is 13.6. The van der Waals surface area contributed by atoms with Crippen LogP contribution in [0.1, 0.15) is 58.3 Å². The molecule has 1 aliphatic carbocycles. The number of hydrogen-bond acceptors (Lipinski definition) is 3. The van der Waals surface area contributed by atoms with E-state index < -0.39 is 5.97 Å². The quantitative estimate of drug-likeness (QED) is 0.819. The lowest BCUT2D eigenvalue weighted by Crippen LogP contribution is -2.42. The summed E-state index contributed by atoms with van der Waals surface area (Å²) in [6.07, 6.45) is 7.81. The van der Waals surface area contributed by atoms with Gasteiger partial charge >= 0.3 is 5.97 Å². The summed E-state index contributed by atoms with van der Waals surface area (Å²) in [5, 5.41) is 8.77. The summed E-state index contributed by atoms with van der Waals surface area (Å²) >= 11 is 0. The maximum atomic E-state index is 12.3. The Morgan fingerprint density at radius 2 is 1.95 bits per heavy atom. The molecular weight excluding hydrogens is 282 g/mol. The van der Waals surface area contributed by atoms with Crippen LogP contribution in [-0.4, -0.2) is 47.7 Å². The smallest absolute Gasteiger partial charge is 0.303 e.